The lowest BCUT2D eigenvalue weighted by molar-refractivity contribution is 0.140. The predicted molar refractivity (Wildman–Crippen MR) is 60.3 cm³/mol. The maximum Gasteiger partial charge on any atom is 0.141 e. The van der Waals surface area contributed by atoms with Gasteiger partial charge >= 0.3 is 0 Å². The van der Waals surface area contributed by atoms with Crippen LogP contribution in [0.2, 0.25) is 0 Å². The van der Waals surface area contributed by atoms with E-state index >= 15 is 0 Å². The summed E-state index contributed by atoms with van der Waals surface area (Å²) >= 11 is 0. The molecule has 0 aliphatic heterocycles. The normalized spacial score (nSPS) is 14.3. The average Bonchev–Trinajstić information content (AvgIpc) is 2.39. The van der Waals surface area contributed by atoms with E-state index in [9.17, 15) is 9.50 Å². The van der Waals surface area contributed by atoms with Crippen molar-refractivity contribution in [3.8, 4) is 0 Å². The van der Waals surface area contributed by atoms with Crippen LogP contribution in [0.1, 0.15) is 23.5 Å². The van der Waals surface area contributed by atoms with Crippen molar-refractivity contribution in [1.82, 2.24) is 9.97 Å². The quantitative estimate of drug-likeness (QED) is 0.839. The lowest BCUT2D eigenvalue weighted by Gasteiger charge is -2.17. The number of pyridine rings is 2. The molecule has 0 radical (unpaired) electrons. The largest absolute Gasteiger partial charge is 0.385 e. The predicted octanol–water partition coefficient (Wildman–Crippen LogP) is 1.35. The van der Waals surface area contributed by atoms with Crippen LogP contribution in [0.4, 0.5) is 4.39 Å². The Balaban J connectivity index is 2.20. The number of aliphatic hydroxyl groups is 1. The Labute approximate surface area is 98.0 Å². The van der Waals surface area contributed by atoms with Crippen molar-refractivity contribution < 1.29 is 9.50 Å². The summed E-state index contributed by atoms with van der Waals surface area (Å²) in [5, 5.41) is 9.98. The van der Waals surface area contributed by atoms with E-state index in [1.165, 1.54) is 12.1 Å². The molecule has 17 heavy (non-hydrogen) atoms. The summed E-state index contributed by atoms with van der Waals surface area (Å²) in [6, 6.07) is 7.22. The van der Waals surface area contributed by atoms with Crippen LogP contribution >= 0.6 is 0 Å². The van der Waals surface area contributed by atoms with E-state index in [-0.39, 0.29) is 0 Å². The summed E-state index contributed by atoms with van der Waals surface area (Å²) in [5.41, 5.74) is 6.75. The molecule has 2 rings (SSSR count). The Morgan fingerprint density at radius 1 is 1.12 bits per heavy atom. The Morgan fingerprint density at radius 2 is 1.94 bits per heavy atom. The third kappa shape index (κ3) is 2.64. The Kier molecular flexibility index (Phi) is 3.41. The fourth-order valence-corrected chi connectivity index (χ4v) is 1.48. The third-order valence-corrected chi connectivity index (χ3v) is 2.42. The van der Waals surface area contributed by atoms with Crippen LogP contribution in [0.3, 0.4) is 0 Å². The molecule has 2 atom stereocenters. The van der Waals surface area contributed by atoms with Gasteiger partial charge in [-0.15, -0.1) is 0 Å². The first-order valence-electron chi connectivity index (χ1n) is 5.14. The fraction of sp³-hybridized carbons (Fsp3) is 0.167. The first-order valence-corrected chi connectivity index (χ1v) is 5.14. The second kappa shape index (κ2) is 4.99. The zero-order valence-electron chi connectivity index (χ0n) is 8.99. The number of halogens is 1. The van der Waals surface area contributed by atoms with Gasteiger partial charge in [-0.25, -0.2) is 4.39 Å². The molecule has 0 bridgehead atoms. The van der Waals surface area contributed by atoms with Crippen LogP contribution in [0.15, 0.2) is 42.7 Å². The van der Waals surface area contributed by atoms with Gasteiger partial charge in [0, 0.05) is 6.20 Å². The SMILES string of the molecule is NC(c1ccccn1)C(O)c1ccc(F)cn1. The summed E-state index contributed by atoms with van der Waals surface area (Å²) in [5.74, 6) is -0.452. The van der Waals surface area contributed by atoms with Gasteiger partial charge in [-0.05, 0) is 24.3 Å². The summed E-state index contributed by atoms with van der Waals surface area (Å²) in [6.45, 7) is 0. The van der Waals surface area contributed by atoms with Crippen molar-refractivity contribution in [2.75, 3.05) is 0 Å². The van der Waals surface area contributed by atoms with E-state index in [4.69, 9.17) is 5.73 Å². The molecular weight excluding hydrogens is 221 g/mol. The molecule has 3 N–H and O–H groups in total. The zero-order chi connectivity index (χ0) is 12.3. The lowest BCUT2D eigenvalue weighted by Crippen LogP contribution is -2.21. The van der Waals surface area contributed by atoms with E-state index < -0.39 is 18.0 Å². The lowest BCUT2D eigenvalue weighted by atomic mass is 10.0. The number of hydrogen-bond acceptors (Lipinski definition) is 4. The molecule has 2 unspecified atom stereocenters. The first kappa shape index (κ1) is 11.6. The average molecular weight is 233 g/mol. The van der Waals surface area contributed by atoms with Crippen molar-refractivity contribution in [3.05, 3.63) is 59.9 Å². The van der Waals surface area contributed by atoms with Gasteiger partial charge in [0.15, 0.2) is 0 Å². The van der Waals surface area contributed by atoms with Crippen molar-refractivity contribution in [2.45, 2.75) is 12.1 Å². The summed E-state index contributed by atoms with van der Waals surface area (Å²) in [7, 11) is 0. The minimum absolute atomic E-state index is 0.324. The molecule has 2 aromatic heterocycles. The van der Waals surface area contributed by atoms with Crippen molar-refractivity contribution in [2.24, 2.45) is 5.73 Å². The highest BCUT2D eigenvalue weighted by Crippen LogP contribution is 2.23. The summed E-state index contributed by atoms with van der Waals surface area (Å²) in [4.78, 5) is 7.85. The van der Waals surface area contributed by atoms with E-state index in [1.807, 2.05) is 0 Å². The molecule has 0 saturated heterocycles. The van der Waals surface area contributed by atoms with Gasteiger partial charge in [-0.1, -0.05) is 6.07 Å². The molecule has 2 heterocycles. The van der Waals surface area contributed by atoms with Crippen LogP contribution < -0.4 is 5.73 Å². The van der Waals surface area contributed by atoms with Gasteiger partial charge in [0.05, 0.1) is 23.6 Å². The van der Waals surface area contributed by atoms with Crippen LogP contribution in [0.5, 0.6) is 0 Å². The van der Waals surface area contributed by atoms with Crippen LogP contribution in [0, 0.1) is 5.82 Å². The molecule has 2 aromatic rings. The van der Waals surface area contributed by atoms with Crippen molar-refractivity contribution in [3.63, 3.8) is 0 Å². The monoisotopic (exact) mass is 233 g/mol. The molecule has 0 saturated carbocycles. The highest BCUT2D eigenvalue weighted by atomic mass is 19.1. The third-order valence-electron chi connectivity index (χ3n) is 2.42. The topological polar surface area (TPSA) is 72.0 Å². The number of hydrogen-bond donors (Lipinski definition) is 2. The maximum absolute atomic E-state index is 12.7. The number of nitrogens with two attached hydrogens (primary N) is 1. The molecule has 4 nitrogen and oxygen atoms in total. The molecule has 0 fully saturated rings. The van der Waals surface area contributed by atoms with E-state index in [0.29, 0.717) is 11.4 Å². The highest BCUT2D eigenvalue weighted by molar-refractivity contribution is 5.16. The van der Waals surface area contributed by atoms with Gasteiger partial charge in [0.1, 0.15) is 11.9 Å². The van der Waals surface area contributed by atoms with Gasteiger partial charge in [-0.3, -0.25) is 9.97 Å². The minimum Gasteiger partial charge on any atom is -0.385 e. The van der Waals surface area contributed by atoms with Crippen LogP contribution in [-0.2, 0) is 0 Å². The Bertz CT molecular complexity index is 475. The van der Waals surface area contributed by atoms with Crippen molar-refractivity contribution >= 4 is 0 Å². The van der Waals surface area contributed by atoms with Gasteiger partial charge in [0.25, 0.3) is 0 Å². The molecule has 0 aromatic carbocycles. The Morgan fingerprint density at radius 3 is 2.53 bits per heavy atom. The van der Waals surface area contributed by atoms with Crippen molar-refractivity contribution in [1.29, 1.82) is 0 Å². The maximum atomic E-state index is 12.7. The van der Waals surface area contributed by atoms with Gasteiger partial charge in [0.2, 0.25) is 0 Å². The number of nitrogens with zero attached hydrogens (tertiary/aromatic N) is 2. The van der Waals surface area contributed by atoms with E-state index in [0.717, 1.165) is 6.20 Å². The molecule has 88 valence electrons. The molecule has 5 heteroatoms. The fourth-order valence-electron chi connectivity index (χ4n) is 1.48. The van der Waals surface area contributed by atoms with Crippen LogP contribution in [-0.4, -0.2) is 15.1 Å². The molecular formula is C12H12FN3O. The number of aromatic nitrogens is 2. The molecule has 0 spiro atoms. The number of aliphatic hydroxyl groups excluding tert-OH is 1. The van der Waals surface area contributed by atoms with Crippen LogP contribution in [0.25, 0.3) is 0 Å². The van der Waals surface area contributed by atoms with Gasteiger partial charge < -0.3 is 10.8 Å². The minimum atomic E-state index is -1.01. The van der Waals surface area contributed by atoms with E-state index in [1.54, 1.807) is 24.4 Å². The molecule has 0 aliphatic rings. The first-order chi connectivity index (χ1) is 8.18. The van der Waals surface area contributed by atoms with E-state index in [2.05, 4.69) is 9.97 Å². The summed E-state index contributed by atoms with van der Waals surface area (Å²) < 4.78 is 12.7. The second-order valence-electron chi connectivity index (χ2n) is 3.63. The van der Waals surface area contributed by atoms with Gasteiger partial charge in [-0.2, -0.15) is 0 Å². The second-order valence-corrected chi connectivity index (χ2v) is 3.63. The summed E-state index contributed by atoms with van der Waals surface area (Å²) in [6.07, 6.45) is 1.63. The molecule has 0 amide bonds. The standard InChI is InChI=1S/C12H12FN3O/c13-8-4-5-10(16-7-8)12(17)11(14)9-3-1-2-6-15-9/h1-7,11-12,17H,14H2. The highest BCUT2D eigenvalue weighted by Gasteiger charge is 2.20. The smallest absolute Gasteiger partial charge is 0.141 e. The number of rotatable bonds is 3. The molecule has 0 aliphatic carbocycles. The zero-order valence-corrected chi connectivity index (χ0v) is 8.99. The Hall–Kier alpha value is -1.85.